The molecule has 0 aromatic carbocycles. The first kappa shape index (κ1) is 16.1. The van der Waals surface area contributed by atoms with E-state index in [1.54, 1.807) is 6.92 Å². The van der Waals surface area contributed by atoms with E-state index in [2.05, 4.69) is 5.32 Å². The van der Waals surface area contributed by atoms with Gasteiger partial charge in [0.05, 0.1) is 6.10 Å². The maximum atomic E-state index is 11.5. The van der Waals surface area contributed by atoms with Crippen molar-refractivity contribution in [3.63, 3.8) is 0 Å². The number of hydrogen-bond acceptors (Lipinski definition) is 4. The molecule has 0 heterocycles. The van der Waals surface area contributed by atoms with Crippen molar-refractivity contribution in [1.82, 2.24) is 10.6 Å². The third-order valence-electron chi connectivity index (χ3n) is 2.40. The van der Waals surface area contributed by atoms with Gasteiger partial charge in [-0.1, -0.05) is 0 Å². The number of ether oxygens (including phenoxy) is 1. The molecule has 7 heteroatoms. The molecule has 3 N–H and O–H groups in total. The number of methoxy groups -OCH3 is 1. The predicted molar refractivity (Wildman–Crippen MR) is 64.0 cm³/mol. The first-order valence-corrected chi connectivity index (χ1v) is 5.32. The molecule has 0 aliphatic carbocycles. The fraction of sp³-hybridized carbons (Fsp3) is 0.545. The summed E-state index contributed by atoms with van der Waals surface area (Å²) in [7, 11) is 1.50. The summed E-state index contributed by atoms with van der Waals surface area (Å²) >= 11 is 0. The number of rotatable bonds is 5. The standard InChI is InChI=1S/C11H18N2O5/c1-6(18-4)5-12-11(17)13-9(14)7(2)8(3)10(15)16/h6H,5H2,1-4H3,(H,15,16)(H2,12,13,14,17). The Kier molecular flexibility index (Phi) is 6.66. The molecule has 0 aliphatic heterocycles. The zero-order valence-electron chi connectivity index (χ0n) is 10.9. The van der Waals surface area contributed by atoms with Gasteiger partial charge < -0.3 is 15.2 Å². The minimum atomic E-state index is -1.20. The van der Waals surface area contributed by atoms with Crippen LogP contribution in [0.1, 0.15) is 20.8 Å². The van der Waals surface area contributed by atoms with Crippen molar-refractivity contribution >= 4 is 17.9 Å². The average molecular weight is 258 g/mol. The Bertz CT molecular complexity index is 376. The van der Waals surface area contributed by atoms with Crippen LogP contribution in [0, 0.1) is 0 Å². The van der Waals surface area contributed by atoms with Gasteiger partial charge in [-0.05, 0) is 20.8 Å². The van der Waals surface area contributed by atoms with Gasteiger partial charge in [0.2, 0.25) is 0 Å². The van der Waals surface area contributed by atoms with Gasteiger partial charge in [0.25, 0.3) is 5.91 Å². The third kappa shape index (κ3) is 5.44. The molecule has 0 saturated carbocycles. The van der Waals surface area contributed by atoms with E-state index in [-0.39, 0.29) is 23.8 Å². The molecule has 0 aliphatic rings. The molecule has 3 amide bonds. The number of imide groups is 1. The van der Waals surface area contributed by atoms with Crippen LogP contribution in [-0.2, 0) is 14.3 Å². The fourth-order valence-electron chi connectivity index (χ4n) is 0.892. The summed E-state index contributed by atoms with van der Waals surface area (Å²) in [4.78, 5) is 33.4. The number of carbonyl (C=O) groups is 3. The Hall–Kier alpha value is -1.89. The van der Waals surface area contributed by atoms with Crippen LogP contribution in [0.4, 0.5) is 4.79 Å². The van der Waals surface area contributed by atoms with E-state index in [1.165, 1.54) is 21.0 Å². The van der Waals surface area contributed by atoms with Crippen LogP contribution in [0.25, 0.3) is 0 Å². The summed E-state index contributed by atoms with van der Waals surface area (Å²) in [6.45, 7) is 4.63. The summed E-state index contributed by atoms with van der Waals surface area (Å²) in [5, 5.41) is 13.1. The topological polar surface area (TPSA) is 105 Å². The molecular formula is C11H18N2O5. The van der Waals surface area contributed by atoms with Gasteiger partial charge in [0, 0.05) is 24.8 Å². The van der Waals surface area contributed by atoms with Gasteiger partial charge in [-0.25, -0.2) is 9.59 Å². The molecule has 1 unspecified atom stereocenters. The number of carbonyl (C=O) groups excluding carboxylic acids is 2. The van der Waals surface area contributed by atoms with Crippen LogP contribution >= 0.6 is 0 Å². The van der Waals surface area contributed by atoms with Crippen LogP contribution in [0.5, 0.6) is 0 Å². The minimum absolute atomic E-state index is 0.0163. The molecule has 0 aromatic heterocycles. The summed E-state index contributed by atoms with van der Waals surface area (Å²) in [6, 6.07) is -0.693. The SMILES string of the molecule is COC(C)CNC(=O)NC(=O)C(C)=C(C)C(=O)O. The largest absolute Gasteiger partial charge is 0.478 e. The first-order valence-electron chi connectivity index (χ1n) is 5.32. The van der Waals surface area contributed by atoms with E-state index >= 15 is 0 Å². The molecular weight excluding hydrogens is 240 g/mol. The highest BCUT2D eigenvalue weighted by molar-refractivity contribution is 6.07. The highest BCUT2D eigenvalue weighted by Crippen LogP contribution is 2.03. The number of nitrogens with one attached hydrogen (secondary N) is 2. The normalized spacial score (nSPS) is 13.3. The molecule has 0 rings (SSSR count). The Balaban J connectivity index is 4.37. The highest BCUT2D eigenvalue weighted by atomic mass is 16.5. The molecule has 7 nitrogen and oxygen atoms in total. The number of urea groups is 1. The van der Waals surface area contributed by atoms with Crippen LogP contribution in [-0.4, -0.2) is 42.8 Å². The average Bonchev–Trinajstić information content (AvgIpc) is 2.33. The number of hydrogen-bond donors (Lipinski definition) is 3. The van der Waals surface area contributed by atoms with Crippen molar-refractivity contribution in [1.29, 1.82) is 0 Å². The molecule has 0 saturated heterocycles. The quantitative estimate of drug-likeness (QED) is 0.614. The maximum absolute atomic E-state index is 11.5. The molecule has 0 aromatic rings. The fourth-order valence-corrected chi connectivity index (χ4v) is 0.892. The van der Waals surface area contributed by atoms with Crippen LogP contribution in [0.2, 0.25) is 0 Å². The Morgan fingerprint density at radius 3 is 2.22 bits per heavy atom. The van der Waals surface area contributed by atoms with Gasteiger partial charge in [-0.3, -0.25) is 10.1 Å². The van der Waals surface area contributed by atoms with E-state index in [4.69, 9.17) is 9.84 Å². The van der Waals surface area contributed by atoms with Crippen LogP contribution in [0.3, 0.4) is 0 Å². The predicted octanol–water partition coefficient (Wildman–Crippen LogP) is 0.268. The van der Waals surface area contributed by atoms with E-state index in [1.807, 2.05) is 5.32 Å². The third-order valence-corrected chi connectivity index (χ3v) is 2.40. The van der Waals surface area contributed by atoms with E-state index in [0.29, 0.717) is 0 Å². The van der Waals surface area contributed by atoms with Gasteiger partial charge in [0.1, 0.15) is 0 Å². The van der Waals surface area contributed by atoms with Gasteiger partial charge in [0.15, 0.2) is 0 Å². The molecule has 18 heavy (non-hydrogen) atoms. The Morgan fingerprint density at radius 1 is 1.22 bits per heavy atom. The van der Waals surface area contributed by atoms with Gasteiger partial charge >= 0.3 is 12.0 Å². The van der Waals surface area contributed by atoms with Crippen molar-refractivity contribution in [3.8, 4) is 0 Å². The van der Waals surface area contributed by atoms with E-state index in [9.17, 15) is 14.4 Å². The molecule has 0 spiro atoms. The monoisotopic (exact) mass is 258 g/mol. The van der Waals surface area contributed by atoms with Gasteiger partial charge in [-0.2, -0.15) is 0 Å². The van der Waals surface area contributed by atoms with Crippen molar-refractivity contribution in [2.45, 2.75) is 26.9 Å². The summed E-state index contributed by atoms with van der Waals surface area (Å²) in [5.41, 5.74) is -0.122. The second kappa shape index (κ2) is 7.44. The van der Waals surface area contributed by atoms with E-state index in [0.717, 1.165) is 0 Å². The van der Waals surface area contributed by atoms with Crippen LogP contribution in [0.15, 0.2) is 11.1 Å². The highest BCUT2D eigenvalue weighted by Gasteiger charge is 2.15. The second-order valence-corrected chi connectivity index (χ2v) is 3.77. The first-order chi connectivity index (χ1) is 8.29. The minimum Gasteiger partial charge on any atom is -0.478 e. The Morgan fingerprint density at radius 2 is 1.78 bits per heavy atom. The van der Waals surface area contributed by atoms with Crippen LogP contribution < -0.4 is 10.6 Å². The molecule has 0 bridgehead atoms. The lowest BCUT2D eigenvalue weighted by Crippen LogP contribution is -2.42. The number of carboxylic acids is 1. The van der Waals surface area contributed by atoms with Gasteiger partial charge in [-0.15, -0.1) is 0 Å². The second-order valence-electron chi connectivity index (χ2n) is 3.77. The number of amides is 3. The summed E-state index contributed by atoms with van der Waals surface area (Å²) < 4.78 is 4.91. The molecule has 0 radical (unpaired) electrons. The molecule has 0 fully saturated rings. The zero-order valence-corrected chi connectivity index (χ0v) is 10.9. The Labute approximate surface area is 105 Å². The number of carboxylic acid groups (broad SMARTS) is 1. The van der Waals surface area contributed by atoms with Crippen molar-refractivity contribution in [2.75, 3.05) is 13.7 Å². The van der Waals surface area contributed by atoms with Crippen molar-refractivity contribution in [3.05, 3.63) is 11.1 Å². The van der Waals surface area contributed by atoms with Crippen molar-refractivity contribution in [2.24, 2.45) is 0 Å². The smallest absolute Gasteiger partial charge is 0.331 e. The molecule has 1 atom stereocenters. The lowest BCUT2D eigenvalue weighted by atomic mass is 10.1. The summed E-state index contributed by atoms with van der Waals surface area (Å²) in [6.07, 6.45) is -0.178. The number of aliphatic carboxylic acids is 1. The lowest BCUT2D eigenvalue weighted by Gasteiger charge is -2.11. The zero-order chi connectivity index (χ0) is 14.3. The molecule has 102 valence electrons. The lowest BCUT2D eigenvalue weighted by molar-refractivity contribution is -0.133. The van der Waals surface area contributed by atoms with E-state index < -0.39 is 17.9 Å². The van der Waals surface area contributed by atoms with Crippen molar-refractivity contribution < 1.29 is 24.2 Å². The summed E-state index contributed by atoms with van der Waals surface area (Å²) in [5.74, 6) is -1.94. The maximum Gasteiger partial charge on any atom is 0.331 e.